The molecule has 2 rings (SSSR count). The fraction of sp³-hybridized carbons (Fsp3) is 0.625. The second-order valence-electron chi connectivity index (χ2n) is 5.86. The van der Waals surface area contributed by atoms with E-state index in [4.69, 9.17) is 0 Å². The van der Waals surface area contributed by atoms with Crippen molar-refractivity contribution in [2.75, 3.05) is 0 Å². The van der Waals surface area contributed by atoms with Crippen molar-refractivity contribution in [3.05, 3.63) is 35.4 Å². The molecule has 1 aliphatic rings. The van der Waals surface area contributed by atoms with E-state index in [1.54, 1.807) is 0 Å². The molecule has 1 aliphatic carbocycles. The topological polar surface area (TPSA) is 12.0 Å². The van der Waals surface area contributed by atoms with Gasteiger partial charge in [0.1, 0.15) is 11.6 Å². The van der Waals surface area contributed by atoms with E-state index in [1.165, 1.54) is 37.5 Å². The van der Waals surface area contributed by atoms with Crippen molar-refractivity contribution in [2.45, 2.75) is 58.0 Å². The highest BCUT2D eigenvalue weighted by Gasteiger charge is 2.19. The van der Waals surface area contributed by atoms with Crippen LogP contribution in [0.3, 0.4) is 0 Å². The SMILES string of the molecule is CC1CCCC(NC(C)c2cc(F)ccc2F)CC1. The first-order valence-corrected chi connectivity index (χ1v) is 7.27. The van der Waals surface area contributed by atoms with Gasteiger partial charge in [-0.3, -0.25) is 0 Å². The Kier molecular flexibility index (Phi) is 4.92. The van der Waals surface area contributed by atoms with Crippen LogP contribution in [0.2, 0.25) is 0 Å². The molecule has 1 nitrogen and oxygen atoms in total. The van der Waals surface area contributed by atoms with Crippen molar-refractivity contribution in [1.82, 2.24) is 5.32 Å². The Hall–Kier alpha value is -0.960. The van der Waals surface area contributed by atoms with Crippen LogP contribution in [-0.4, -0.2) is 6.04 Å². The summed E-state index contributed by atoms with van der Waals surface area (Å²) < 4.78 is 26.9. The normalized spacial score (nSPS) is 25.9. The third-order valence-corrected chi connectivity index (χ3v) is 4.17. The molecule has 1 aromatic rings. The Morgan fingerprint density at radius 1 is 1.16 bits per heavy atom. The molecule has 1 fully saturated rings. The van der Waals surface area contributed by atoms with E-state index in [0.717, 1.165) is 18.8 Å². The first kappa shape index (κ1) is 14.4. The van der Waals surface area contributed by atoms with Gasteiger partial charge in [0.25, 0.3) is 0 Å². The average molecular weight is 267 g/mol. The predicted molar refractivity (Wildman–Crippen MR) is 73.9 cm³/mol. The number of hydrogen-bond acceptors (Lipinski definition) is 1. The van der Waals surface area contributed by atoms with Crippen molar-refractivity contribution in [3.63, 3.8) is 0 Å². The monoisotopic (exact) mass is 267 g/mol. The van der Waals surface area contributed by atoms with Crippen molar-refractivity contribution in [3.8, 4) is 0 Å². The summed E-state index contributed by atoms with van der Waals surface area (Å²) in [5.74, 6) is 0.0796. The Balaban J connectivity index is 2.00. The van der Waals surface area contributed by atoms with Crippen LogP contribution in [0.5, 0.6) is 0 Å². The minimum atomic E-state index is -0.375. The van der Waals surface area contributed by atoms with Crippen LogP contribution in [0, 0.1) is 17.6 Å². The van der Waals surface area contributed by atoms with E-state index in [1.807, 2.05) is 6.92 Å². The Bertz CT molecular complexity index is 419. The zero-order chi connectivity index (χ0) is 13.8. The van der Waals surface area contributed by atoms with Gasteiger partial charge in [-0.05, 0) is 50.3 Å². The number of halogens is 2. The molecule has 0 aromatic heterocycles. The lowest BCUT2D eigenvalue weighted by Gasteiger charge is -2.23. The largest absolute Gasteiger partial charge is 0.307 e. The van der Waals surface area contributed by atoms with Crippen molar-refractivity contribution < 1.29 is 8.78 Å². The van der Waals surface area contributed by atoms with Gasteiger partial charge in [0, 0.05) is 17.6 Å². The van der Waals surface area contributed by atoms with E-state index < -0.39 is 0 Å². The van der Waals surface area contributed by atoms with E-state index in [2.05, 4.69) is 12.2 Å². The van der Waals surface area contributed by atoms with Gasteiger partial charge < -0.3 is 5.32 Å². The molecule has 106 valence electrons. The van der Waals surface area contributed by atoms with Gasteiger partial charge in [0.05, 0.1) is 0 Å². The number of rotatable bonds is 3. The standard InChI is InChI=1S/C16H23F2N/c1-11-4-3-5-14(8-6-11)19-12(2)15-10-13(17)7-9-16(15)18/h7,9-12,14,19H,3-6,8H2,1-2H3. The molecule has 3 atom stereocenters. The van der Waals surface area contributed by atoms with Crippen LogP contribution in [0.4, 0.5) is 8.78 Å². The van der Waals surface area contributed by atoms with Crippen LogP contribution < -0.4 is 5.32 Å². The summed E-state index contributed by atoms with van der Waals surface area (Å²) in [5.41, 5.74) is 0.428. The highest BCUT2D eigenvalue weighted by atomic mass is 19.1. The van der Waals surface area contributed by atoms with E-state index >= 15 is 0 Å². The summed E-state index contributed by atoms with van der Waals surface area (Å²) in [6, 6.07) is 3.94. The molecule has 1 aromatic carbocycles. The Labute approximate surface area is 114 Å². The molecule has 0 amide bonds. The van der Waals surface area contributed by atoms with Crippen LogP contribution in [0.15, 0.2) is 18.2 Å². The first-order chi connectivity index (χ1) is 9.06. The molecular formula is C16H23F2N. The zero-order valence-electron chi connectivity index (χ0n) is 11.8. The van der Waals surface area contributed by atoms with Crippen LogP contribution >= 0.6 is 0 Å². The quantitative estimate of drug-likeness (QED) is 0.790. The van der Waals surface area contributed by atoms with Gasteiger partial charge in [-0.2, -0.15) is 0 Å². The average Bonchev–Trinajstić information content (AvgIpc) is 2.57. The lowest BCUT2D eigenvalue weighted by atomic mass is 10.0. The van der Waals surface area contributed by atoms with Gasteiger partial charge in [-0.15, -0.1) is 0 Å². The minimum absolute atomic E-state index is 0.144. The van der Waals surface area contributed by atoms with E-state index in [0.29, 0.717) is 11.6 Å². The lowest BCUT2D eigenvalue weighted by molar-refractivity contribution is 0.399. The minimum Gasteiger partial charge on any atom is -0.307 e. The maximum absolute atomic E-state index is 13.7. The maximum Gasteiger partial charge on any atom is 0.128 e. The molecule has 0 radical (unpaired) electrons. The van der Waals surface area contributed by atoms with Crippen molar-refractivity contribution in [1.29, 1.82) is 0 Å². The van der Waals surface area contributed by atoms with Gasteiger partial charge in [0.15, 0.2) is 0 Å². The smallest absolute Gasteiger partial charge is 0.128 e. The molecule has 0 saturated heterocycles. The van der Waals surface area contributed by atoms with Crippen LogP contribution in [0.1, 0.15) is 57.6 Å². The summed E-state index contributed by atoms with van der Waals surface area (Å²) >= 11 is 0. The van der Waals surface area contributed by atoms with Crippen LogP contribution in [-0.2, 0) is 0 Å². The van der Waals surface area contributed by atoms with E-state index in [-0.39, 0.29) is 17.7 Å². The Morgan fingerprint density at radius 2 is 1.95 bits per heavy atom. The van der Waals surface area contributed by atoms with Gasteiger partial charge in [-0.1, -0.05) is 19.8 Å². The molecular weight excluding hydrogens is 244 g/mol. The molecule has 3 unspecified atom stereocenters. The van der Waals surface area contributed by atoms with Crippen LogP contribution in [0.25, 0.3) is 0 Å². The fourth-order valence-electron chi connectivity index (χ4n) is 2.94. The lowest BCUT2D eigenvalue weighted by Crippen LogP contribution is -2.31. The number of benzene rings is 1. The molecule has 1 saturated carbocycles. The third kappa shape index (κ3) is 4.00. The molecule has 0 spiro atoms. The molecule has 19 heavy (non-hydrogen) atoms. The summed E-state index contributed by atoms with van der Waals surface area (Å²) in [7, 11) is 0. The maximum atomic E-state index is 13.7. The third-order valence-electron chi connectivity index (χ3n) is 4.17. The predicted octanol–water partition coefficient (Wildman–Crippen LogP) is 4.58. The molecule has 1 N–H and O–H groups in total. The van der Waals surface area contributed by atoms with Gasteiger partial charge in [-0.25, -0.2) is 8.78 Å². The fourth-order valence-corrected chi connectivity index (χ4v) is 2.94. The summed E-state index contributed by atoms with van der Waals surface area (Å²) in [4.78, 5) is 0. The molecule has 0 aliphatic heterocycles. The molecule has 3 heteroatoms. The van der Waals surface area contributed by atoms with Crippen molar-refractivity contribution >= 4 is 0 Å². The second-order valence-corrected chi connectivity index (χ2v) is 5.86. The zero-order valence-corrected chi connectivity index (χ0v) is 11.8. The summed E-state index contributed by atoms with van der Waals surface area (Å²) in [5, 5.41) is 3.46. The van der Waals surface area contributed by atoms with Gasteiger partial charge in [0.2, 0.25) is 0 Å². The first-order valence-electron chi connectivity index (χ1n) is 7.27. The van der Waals surface area contributed by atoms with E-state index in [9.17, 15) is 8.78 Å². The highest BCUT2D eigenvalue weighted by molar-refractivity contribution is 5.21. The summed E-state index contributed by atoms with van der Waals surface area (Å²) in [6.45, 7) is 4.20. The Morgan fingerprint density at radius 3 is 2.74 bits per heavy atom. The number of hydrogen-bond donors (Lipinski definition) is 1. The van der Waals surface area contributed by atoms with Crippen molar-refractivity contribution in [2.24, 2.45) is 5.92 Å². The molecule has 0 heterocycles. The van der Waals surface area contributed by atoms with Gasteiger partial charge >= 0.3 is 0 Å². The second kappa shape index (κ2) is 6.47. The number of nitrogens with one attached hydrogen (secondary N) is 1. The highest BCUT2D eigenvalue weighted by Crippen LogP contribution is 2.25. The summed E-state index contributed by atoms with van der Waals surface area (Å²) in [6.07, 6.45) is 5.97. The molecule has 0 bridgehead atoms.